The summed E-state index contributed by atoms with van der Waals surface area (Å²) in [5.74, 6) is -1.07. The number of piperidine rings is 1. The molecule has 1 aromatic carbocycles. The van der Waals surface area contributed by atoms with Gasteiger partial charge in [-0.1, -0.05) is 0 Å². The minimum atomic E-state index is -4.62. The van der Waals surface area contributed by atoms with Crippen molar-refractivity contribution in [2.24, 2.45) is 0 Å². The van der Waals surface area contributed by atoms with E-state index in [4.69, 9.17) is 14.9 Å². The molecule has 3 rings (SSSR count). The molecular weight excluding hydrogens is 471 g/mol. The van der Waals surface area contributed by atoms with Crippen LogP contribution >= 0.6 is 0 Å². The van der Waals surface area contributed by atoms with E-state index in [-0.39, 0.29) is 28.7 Å². The van der Waals surface area contributed by atoms with E-state index < -0.39 is 48.8 Å². The number of ether oxygens (including phenoxy) is 1. The van der Waals surface area contributed by atoms with Crippen molar-refractivity contribution >= 4 is 11.8 Å². The molecule has 2 aromatic rings. The number of benzene rings is 1. The first-order valence-corrected chi connectivity index (χ1v) is 10.7. The lowest BCUT2D eigenvalue weighted by Gasteiger charge is -2.30. The molecule has 188 valence electrons. The number of phenols is 1. The van der Waals surface area contributed by atoms with E-state index in [1.54, 1.807) is 6.92 Å². The number of phenolic OH excluding ortho intramolecular Hbond substituents is 1. The summed E-state index contributed by atoms with van der Waals surface area (Å²) in [4.78, 5) is 12.1. The molecule has 1 aliphatic heterocycles. The van der Waals surface area contributed by atoms with Crippen LogP contribution in [-0.4, -0.2) is 69.4 Å². The van der Waals surface area contributed by atoms with Crippen LogP contribution in [0.3, 0.4) is 0 Å². The summed E-state index contributed by atoms with van der Waals surface area (Å²) in [7, 11) is 0. The number of hydrogen-bond donors (Lipinski definition) is 5. The van der Waals surface area contributed by atoms with Gasteiger partial charge >= 0.3 is 12.1 Å². The fourth-order valence-corrected chi connectivity index (χ4v) is 3.68. The largest absolute Gasteiger partial charge is 0.507 e. The summed E-state index contributed by atoms with van der Waals surface area (Å²) in [6, 6.07) is 3.64. The summed E-state index contributed by atoms with van der Waals surface area (Å²) >= 11 is 0. The van der Waals surface area contributed by atoms with E-state index in [0.717, 1.165) is 12.1 Å². The fourth-order valence-electron chi connectivity index (χ4n) is 3.68. The van der Waals surface area contributed by atoms with E-state index >= 15 is 0 Å². The molecule has 0 spiro atoms. The number of esters is 1. The van der Waals surface area contributed by atoms with Gasteiger partial charge < -0.3 is 30.7 Å². The van der Waals surface area contributed by atoms with Crippen LogP contribution in [0.1, 0.15) is 29.5 Å². The summed E-state index contributed by atoms with van der Waals surface area (Å²) in [5.41, 5.74) is -0.492. The van der Waals surface area contributed by atoms with Crippen molar-refractivity contribution in [2.45, 2.75) is 44.1 Å². The number of nitrogens with one attached hydrogen (secondary N) is 2. The molecule has 10 nitrogen and oxygen atoms in total. The molecule has 0 saturated carbocycles. The van der Waals surface area contributed by atoms with Crippen LogP contribution in [0.5, 0.6) is 5.75 Å². The molecule has 1 aliphatic rings. The Labute approximate surface area is 198 Å². The molecular formula is C22H24F3N5O5. The number of nitrogens with zero attached hydrogens (tertiary/aromatic N) is 3. The maximum absolute atomic E-state index is 12.9. The minimum Gasteiger partial charge on any atom is -0.507 e. The number of carbonyl (C=O) groups excluding carboxylic acids is 1. The number of aliphatic hydroxyl groups is 2. The molecule has 2 heterocycles. The van der Waals surface area contributed by atoms with Crippen molar-refractivity contribution in [3.63, 3.8) is 0 Å². The minimum absolute atomic E-state index is 0.01000. The average molecular weight is 495 g/mol. The highest BCUT2D eigenvalue weighted by Crippen LogP contribution is 2.37. The number of halogens is 3. The van der Waals surface area contributed by atoms with Gasteiger partial charge in [0.2, 0.25) is 0 Å². The lowest BCUT2D eigenvalue weighted by molar-refractivity contribution is -0.156. The van der Waals surface area contributed by atoms with Gasteiger partial charge in [0, 0.05) is 18.2 Å². The highest BCUT2D eigenvalue weighted by Gasteiger charge is 2.32. The second kappa shape index (κ2) is 10.9. The summed E-state index contributed by atoms with van der Waals surface area (Å²) in [5, 5.41) is 52.0. The number of aromatic nitrogens is 2. The molecule has 0 bridgehead atoms. The number of alkyl halides is 3. The molecule has 2 atom stereocenters. The highest BCUT2D eigenvalue weighted by atomic mass is 19.4. The van der Waals surface area contributed by atoms with Crippen LogP contribution in [-0.2, 0) is 15.7 Å². The number of rotatable bonds is 7. The van der Waals surface area contributed by atoms with Crippen LogP contribution in [0, 0.1) is 18.3 Å². The zero-order valence-electron chi connectivity index (χ0n) is 18.6. The van der Waals surface area contributed by atoms with Crippen LogP contribution in [0.2, 0.25) is 0 Å². The zero-order chi connectivity index (χ0) is 25.8. The number of anilines is 1. The maximum Gasteiger partial charge on any atom is 0.416 e. The summed E-state index contributed by atoms with van der Waals surface area (Å²) < 4.78 is 43.7. The normalized spacial score (nSPS) is 18.2. The first-order valence-electron chi connectivity index (χ1n) is 10.7. The van der Waals surface area contributed by atoms with Crippen molar-refractivity contribution < 1.29 is 38.0 Å². The van der Waals surface area contributed by atoms with Crippen LogP contribution < -0.4 is 10.6 Å². The quantitative estimate of drug-likeness (QED) is 0.356. The summed E-state index contributed by atoms with van der Waals surface area (Å²) in [6.07, 6.45) is -4.72. The van der Waals surface area contributed by atoms with Crippen LogP contribution in [0.4, 0.5) is 19.0 Å². The van der Waals surface area contributed by atoms with Crippen molar-refractivity contribution in [1.29, 1.82) is 5.26 Å². The highest BCUT2D eigenvalue weighted by molar-refractivity contribution is 5.76. The molecule has 0 aliphatic carbocycles. The monoisotopic (exact) mass is 495 g/mol. The Morgan fingerprint density at radius 1 is 1.31 bits per heavy atom. The second-order valence-corrected chi connectivity index (χ2v) is 8.04. The molecule has 1 fully saturated rings. The van der Waals surface area contributed by atoms with Gasteiger partial charge in [-0.25, -0.2) is 0 Å². The molecule has 0 radical (unpaired) electrons. The maximum atomic E-state index is 12.9. The van der Waals surface area contributed by atoms with E-state index in [0.29, 0.717) is 31.0 Å². The summed E-state index contributed by atoms with van der Waals surface area (Å²) in [6.45, 7) is 0.882. The third-order valence-corrected chi connectivity index (χ3v) is 5.64. The van der Waals surface area contributed by atoms with Gasteiger partial charge in [0.15, 0.2) is 5.82 Å². The van der Waals surface area contributed by atoms with Gasteiger partial charge in [0.05, 0.1) is 18.8 Å². The number of aromatic hydroxyl groups is 1. The van der Waals surface area contributed by atoms with Crippen molar-refractivity contribution in [2.75, 3.05) is 25.1 Å². The molecule has 5 N–H and O–H groups in total. The van der Waals surface area contributed by atoms with Crippen LogP contribution in [0.15, 0.2) is 18.2 Å². The number of nitriles is 1. The van der Waals surface area contributed by atoms with Gasteiger partial charge in [-0.2, -0.15) is 18.4 Å². The van der Waals surface area contributed by atoms with Gasteiger partial charge in [-0.3, -0.25) is 4.79 Å². The fraction of sp³-hybridized carbons (Fsp3) is 0.455. The van der Waals surface area contributed by atoms with Crippen molar-refractivity contribution in [3.8, 4) is 23.1 Å². The van der Waals surface area contributed by atoms with E-state index in [1.807, 2.05) is 6.07 Å². The number of carbonyl (C=O) groups is 1. The van der Waals surface area contributed by atoms with Gasteiger partial charge in [0.1, 0.15) is 35.2 Å². The van der Waals surface area contributed by atoms with E-state index in [2.05, 4.69) is 20.8 Å². The molecule has 1 saturated heterocycles. The molecule has 0 unspecified atom stereocenters. The molecule has 0 amide bonds. The first kappa shape index (κ1) is 26.1. The Morgan fingerprint density at radius 2 is 2.03 bits per heavy atom. The van der Waals surface area contributed by atoms with Gasteiger partial charge in [0.25, 0.3) is 0 Å². The SMILES string of the molecule is Cc1c(-c2ccc(C(F)(F)F)cc2O)nnc(N[C@@H]2CC[C@@H](C(=O)OC(CO)CO)NC2)c1C#N. The Hall–Kier alpha value is -3.47. The lowest BCUT2D eigenvalue weighted by atomic mass is 9.99. The topological polar surface area (TPSA) is 161 Å². The standard InChI is InChI=1S/C22H24F3N5O5/c1-11-16(7-26)20(28-13-3-5-17(27-8-13)21(34)35-14(9-31)10-32)30-29-19(11)15-4-2-12(6-18(15)33)22(23,24)25/h2,4,6,13-14,17,27,31-33H,3,5,8-10H2,1H3,(H,28,30)/t13-,17+/m1/s1. The Bertz CT molecular complexity index is 1110. The van der Waals surface area contributed by atoms with Gasteiger partial charge in [-0.15, -0.1) is 10.2 Å². The third-order valence-electron chi connectivity index (χ3n) is 5.64. The molecule has 13 heteroatoms. The lowest BCUT2D eigenvalue weighted by Crippen LogP contribution is -2.50. The smallest absolute Gasteiger partial charge is 0.416 e. The zero-order valence-corrected chi connectivity index (χ0v) is 18.6. The molecule has 35 heavy (non-hydrogen) atoms. The number of hydrogen-bond acceptors (Lipinski definition) is 10. The Morgan fingerprint density at radius 3 is 2.57 bits per heavy atom. The van der Waals surface area contributed by atoms with E-state index in [1.165, 1.54) is 0 Å². The first-order chi connectivity index (χ1) is 16.6. The average Bonchev–Trinajstić information content (AvgIpc) is 2.83. The number of aliphatic hydroxyl groups excluding tert-OH is 2. The predicted octanol–water partition coefficient (Wildman–Crippen LogP) is 1.48. The van der Waals surface area contributed by atoms with Crippen molar-refractivity contribution in [3.05, 3.63) is 34.9 Å². The van der Waals surface area contributed by atoms with Crippen molar-refractivity contribution in [1.82, 2.24) is 15.5 Å². The van der Waals surface area contributed by atoms with Gasteiger partial charge in [-0.05, 0) is 43.5 Å². The van der Waals surface area contributed by atoms with Crippen LogP contribution in [0.25, 0.3) is 11.3 Å². The Kier molecular flexibility index (Phi) is 8.11. The predicted molar refractivity (Wildman–Crippen MR) is 116 cm³/mol. The third kappa shape index (κ3) is 5.97. The van der Waals surface area contributed by atoms with E-state index in [9.17, 15) is 28.3 Å². The Balaban J connectivity index is 1.72. The second-order valence-electron chi connectivity index (χ2n) is 8.04. The molecule has 1 aromatic heterocycles.